The summed E-state index contributed by atoms with van der Waals surface area (Å²) in [5.74, 6) is 0.288. The number of piperidine rings is 1. The van der Waals surface area contributed by atoms with Crippen molar-refractivity contribution in [2.75, 3.05) is 31.2 Å². The number of nitrogens with zero attached hydrogens (tertiary/aromatic N) is 3. The van der Waals surface area contributed by atoms with Crippen molar-refractivity contribution in [3.8, 4) is 0 Å². The molecule has 1 saturated carbocycles. The van der Waals surface area contributed by atoms with Crippen LogP contribution in [0.1, 0.15) is 36.2 Å². The van der Waals surface area contributed by atoms with Gasteiger partial charge < -0.3 is 19.7 Å². The Labute approximate surface area is 129 Å². The number of amides is 1. The molecule has 22 heavy (non-hydrogen) atoms. The van der Waals surface area contributed by atoms with Gasteiger partial charge in [-0.2, -0.15) is 0 Å². The Hall–Kier alpha value is -1.73. The van der Waals surface area contributed by atoms with Crippen LogP contribution in [0.2, 0.25) is 0 Å². The van der Waals surface area contributed by atoms with Gasteiger partial charge in [0.05, 0.1) is 13.2 Å². The third-order valence-corrected chi connectivity index (χ3v) is 4.46. The lowest BCUT2D eigenvalue weighted by atomic mass is 10.0. The van der Waals surface area contributed by atoms with Crippen LogP contribution >= 0.6 is 0 Å². The van der Waals surface area contributed by atoms with Crippen LogP contribution in [0.5, 0.6) is 0 Å². The molecule has 4 rings (SSSR count). The van der Waals surface area contributed by atoms with E-state index < -0.39 is 0 Å². The average molecular weight is 304 g/mol. The molecule has 1 aliphatic carbocycles. The maximum Gasteiger partial charge on any atom is 0.272 e. The number of nitrogens with one attached hydrogen (secondary N) is 1. The van der Waals surface area contributed by atoms with Gasteiger partial charge in [-0.15, -0.1) is 10.2 Å². The Kier molecular flexibility index (Phi) is 3.46. The number of hydrogen-bond donors (Lipinski definition) is 1. The van der Waals surface area contributed by atoms with E-state index in [9.17, 15) is 4.79 Å². The topological polar surface area (TPSA) is 76.6 Å². The van der Waals surface area contributed by atoms with Gasteiger partial charge in [0.2, 0.25) is 0 Å². The fourth-order valence-corrected chi connectivity index (χ4v) is 2.96. The Morgan fingerprint density at radius 2 is 1.91 bits per heavy atom. The molecule has 3 heterocycles. The van der Waals surface area contributed by atoms with Crippen LogP contribution in [0, 0.1) is 0 Å². The molecular formula is C15H20N4O3. The van der Waals surface area contributed by atoms with E-state index in [1.807, 2.05) is 6.07 Å². The summed E-state index contributed by atoms with van der Waals surface area (Å²) in [4.78, 5) is 14.1. The van der Waals surface area contributed by atoms with Crippen molar-refractivity contribution < 1.29 is 14.3 Å². The monoisotopic (exact) mass is 304 g/mol. The lowest BCUT2D eigenvalue weighted by Crippen LogP contribution is -2.45. The van der Waals surface area contributed by atoms with Crippen LogP contribution in [0.15, 0.2) is 12.1 Å². The predicted molar refractivity (Wildman–Crippen MR) is 78.6 cm³/mol. The fraction of sp³-hybridized carbons (Fsp3) is 0.667. The van der Waals surface area contributed by atoms with Gasteiger partial charge in [0.15, 0.2) is 17.3 Å². The molecule has 7 heteroatoms. The Balaban J connectivity index is 1.37. The van der Waals surface area contributed by atoms with Crippen LogP contribution in [0.3, 0.4) is 0 Å². The molecule has 3 aliphatic rings. The van der Waals surface area contributed by atoms with E-state index in [0.717, 1.165) is 44.6 Å². The number of ether oxygens (including phenoxy) is 2. The molecule has 1 N–H and O–H groups in total. The van der Waals surface area contributed by atoms with E-state index in [0.29, 0.717) is 24.9 Å². The fourth-order valence-electron chi connectivity index (χ4n) is 2.96. The second-order valence-corrected chi connectivity index (χ2v) is 6.12. The molecule has 118 valence electrons. The molecule has 1 spiro atoms. The van der Waals surface area contributed by atoms with Crippen molar-refractivity contribution >= 4 is 11.7 Å². The van der Waals surface area contributed by atoms with E-state index >= 15 is 0 Å². The normalized spacial score (nSPS) is 23.7. The highest BCUT2D eigenvalue weighted by atomic mass is 16.7. The van der Waals surface area contributed by atoms with Gasteiger partial charge in [-0.1, -0.05) is 0 Å². The third kappa shape index (κ3) is 2.78. The quantitative estimate of drug-likeness (QED) is 0.886. The molecule has 1 amide bonds. The summed E-state index contributed by atoms with van der Waals surface area (Å²) in [6, 6.07) is 3.94. The summed E-state index contributed by atoms with van der Waals surface area (Å²) in [7, 11) is 0. The van der Waals surface area contributed by atoms with Gasteiger partial charge in [0, 0.05) is 32.0 Å². The molecule has 0 radical (unpaired) electrons. The zero-order valence-corrected chi connectivity index (χ0v) is 12.5. The molecule has 7 nitrogen and oxygen atoms in total. The first-order valence-corrected chi connectivity index (χ1v) is 7.92. The lowest BCUT2D eigenvalue weighted by molar-refractivity contribution is -0.169. The molecule has 0 unspecified atom stereocenters. The van der Waals surface area contributed by atoms with Gasteiger partial charge in [0.1, 0.15) is 0 Å². The van der Waals surface area contributed by atoms with Crippen molar-refractivity contribution in [3.05, 3.63) is 17.8 Å². The highest BCUT2D eigenvalue weighted by Crippen LogP contribution is 2.32. The summed E-state index contributed by atoms with van der Waals surface area (Å²) >= 11 is 0. The largest absolute Gasteiger partial charge is 0.355 e. The average Bonchev–Trinajstić information content (AvgIpc) is 3.26. The van der Waals surface area contributed by atoms with E-state index in [1.165, 1.54) is 0 Å². The summed E-state index contributed by atoms with van der Waals surface area (Å²) in [5, 5.41) is 11.2. The van der Waals surface area contributed by atoms with Crippen LogP contribution in [-0.4, -0.2) is 54.2 Å². The molecule has 3 fully saturated rings. The summed E-state index contributed by atoms with van der Waals surface area (Å²) in [6.45, 7) is 3.01. The number of aromatic nitrogens is 2. The minimum Gasteiger partial charge on any atom is -0.355 e. The minimum atomic E-state index is -0.381. The first kappa shape index (κ1) is 13.9. The van der Waals surface area contributed by atoms with Gasteiger partial charge in [-0.05, 0) is 25.0 Å². The van der Waals surface area contributed by atoms with Gasteiger partial charge in [0.25, 0.3) is 5.91 Å². The Morgan fingerprint density at radius 1 is 1.18 bits per heavy atom. The van der Waals surface area contributed by atoms with Gasteiger partial charge >= 0.3 is 0 Å². The van der Waals surface area contributed by atoms with E-state index in [4.69, 9.17) is 9.47 Å². The summed E-state index contributed by atoms with van der Waals surface area (Å²) in [6.07, 6.45) is 3.80. The number of anilines is 1. The first-order valence-electron chi connectivity index (χ1n) is 7.92. The van der Waals surface area contributed by atoms with Crippen molar-refractivity contribution in [2.24, 2.45) is 0 Å². The number of rotatable bonds is 3. The van der Waals surface area contributed by atoms with Crippen LogP contribution in [0.4, 0.5) is 5.82 Å². The maximum atomic E-state index is 11.9. The predicted octanol–water partition coefficient (Wildman–Crippen LogP) is 0.712. The zero-order valence-electron chi connectivity index (χ0n) is 12.5. The van der Waals surface area contributed by atoms with Gasteiger partial charge in [-0.25, -0.2) is 0 Å². The van der Waals surface area contributed by atoms with E-state index in [1.54, 1.807) is 6.07 Å². The van der Waals surface area contributed by atoms with E-state index in [2.05, 4.69) is 20.4 Å². The zero-order chi connectivity index (χ0) is 15.0. The third-order valence-electron chi connectivity index (χ3n) is 4.46. The minimum absolute atomic E-state index is 0.132. The van der Waals surface area contributed by atoms with Crippen molar-refractivity contribution in [1.82, 2.24) is 15.5 Å². The van der Waals surface area contributed by atoms with Crippen LogP contribution in [-0.2, 0) is 9.47 Å². The van der Waals surface area contributed by atoms with Gasteiger partial charge in [-0.3, -0.25) is 4.79 Å². The number of hydrogen-bond acceptors (Lipinski definition) is 6. The van der Waals surface area contributed by atoms with Crippen molar-refractivity contribution in [2.45, 2.75) is 37.5 Å². The van der Waals surface area contributed by atoms with Crippen LogP contribution < -0.4 is 10.2 Å². The SMILES string of the molecule is O=C(NC1CC1)c1ccc(N2CCC3(CC2)OCCO3)nn1. The second-order valence-electron chi connectivity index (χ2n) is 6.12. The van der Waals surface area contributed by atoms with Crippen LogP contribution in [0.25, 0.3) is 0 Å². The number of carbonyl (C=O) groups is 1. The molecule has 1 aromatic rings. The summed E-state index contributed by atoms with van der Waals surface area (Å²) in [5.41, 5.74) is 0.381. The standard InChI is InChI=1S/C15H20N4O3/c20-14(16-11-1-2-11)12-3-4-13(18-17-12)19-7-5-15(6-8-19)21-9-10-22-15/h3-4,11H,1-2,5-10H2,(H,16,20). The lowest BCUT2D eigenvalue weighted by Gasteiger charge is -2.37. The summed E-state index contributed by atoms with van der Waals surface area (Å²) < 4.78 is 11.4. The van der Waals surface area contributed by atoms with E-state index in [-0.39, 0.29) is 11.7 Å². The molecule has 0 bridgehead atoms. The smallest absolute Gasteiger partial charge is 0.272 e. The second kappa shape index (κ2) is 5.48. The molecule has 0 atom stereocenters. The molecule has 2 aliphatic heterocycles. The van der Waals surface area contributed by atoms with Crippen molar-refractivity contribution in [3.63, 3.8) is 0 Å². The Bertz CT molecular complexity index is 542. The number of carbonyl (C=O) groups excluding carboxylic acids is 1. The first-order chi connectivity index (χ1) is 10.7. The Morgan fingerprint density at radius 3 is 2.50 bits per heavy atom. The highest BCUT2D eigenvalue weighted by Gasteiger charge is 2.40. The molecule has 1 aromatic heterocycles. The molecular weight excluding hydrogens is 284 g/mol. The molecule has 2 saturated heterocycles. The highest BCUT2D eigenvalue weighted by molar-refractivity contribution is 5.92. The van der Waals surface area contributed by atoms with Crippen molar-refractivity contribution in [1.29, 1.82) is 0 Å². The molecule has 0 aromatic carbocycles. The maximum absolute atomic E-state index is 11.9.